The maximum absolute atomic E-state index is 11.2. The van der Waals surface area contributed by atoms with Gasteiger partial charge < -0.3 is 9.84 Å². The molecule has 1 amide bonds. The van der Waals surface area contributed by atoms with Crippen molar-refractivity contribution in [2.24, 2.45) is 0 Å². The first kappa shape index (κ1) is 12.8. The Bertz CT molecular complexity index is 327. The Balaban J connectivity index is 2.45. The van der Waals surface area contributed by atoms with Crippen molar-refractivity contribution < 1.29 is 14.6 Å². The maximum atomic E-state index is 11.2. The van der Waals surface area contributed by atoms with Crippen LogP contribution in [0, 0.1) is 0 Å². The van der Waals surface area contributed by atoms with Crippen molar-refractivity contribution >= 4 is 23.4 Å². The zero-order valence-corrected chi connectivity index (χ0v) is 9.54. The highest BCUT2D eigenvalue weighted by Gasteiger charge is 2.02. The van der Waals surface area contributed by atoms with E-state index in [9.17, 15) is 4.79 Å². The Morgan fingerprint density at radius 2 is 2.06 bits per heavy atom. The lowest BCUT2D eigenvalue weighted by molar-refractivity contribution is 0.168. The summed E-state index contributed by atoms with van der Waals surface area (Å²) in [6.45, 7) is 0.306. The molecule has 0 radical (unpaired) electrons. The highest BCUT2D eigenvalue weighted by atomic mass is 35.5. The molecule has 2 N–H and O–H groups in total. The van der Waals surface area contributed by atoms with Gasteiger partial charge in [-0.15, -0.1) is 11.6 Å². The first-order chi connectivity index (χ1) is 7.76. The van der Waals surface area contributed by atoms with E-state index < -0.39 is 6.09 Å². The van der Waals surface area contributed by atoms with Crippen molar-refractivity contribution in [1.82, 2.24) is 0 Å². The van der Waals surface area contributed by atoms with Gasteiger partial charge >= 0.3 is 6.09 Å². The minimum Gasteiger partial charge on any atom is -0.448 e. The Morgan fingerprint density at radius 3 is 2.62 bits per heavy atom. The van der Waals surface area contributed by atoms with Crippen molar-refractivity contribution in [3.05, 3.63) is 29.8 Å². The number of hydrogen-bond donors (Lipinski definition) is 2. The number of carbonyl (C=O) groups is 1. The number of hydrogen-bond acceptors (Lipinski definition) is 3. The van der Waals surface area contributed by atoms with E-state index in [0.717, 1.165) is 5.56 Å². The molecule has 5 heteroatoms. The van der Waals surface area contributed by atoms with Crippen LogP contribution in [-0.4, -0.2) is 30.3 Å². The SMILES string of the molecule is O=C(Nc1ccc(CCO)cc1)OCCCl. The molecular formula is C11H14ClNO3. The monoisotopic (exact) mass is 243 g/mol. The Kier molecular flexibility index (Phi) is 5.67. The van der Waals surface area contributed by atoms with Crippen LogP contribution in [0.5, 0.6) is 0 Å². The van der Waals surface area contributed by atoms with Gasteiger partial charge in [-0.2, -0.15) is 0 Å². The van der Waals surface area contributed by atoms with Crippen molar-refractivity contribution in [3.8, 4) is 0 Å². The van der Waals surface area contributed by atoms with E-state index in [-0.39, 0.29) is 19.1 Å². The van der Waals surface area contributed by atoms with Gasteiger partial charge in [-0.3, -0.25) is 5.32 Å². The highest BCUT2D eigenvalue weighted by Crippen LogP contribution is 2.10. The number of alkyl halides is 1. The lowest BCUT2D eigenvalue weighted by atomic mass is 10.1. The summed E-state index contributed by atoms with van der Waals surface area (Å²) >= 11 is 5.38. The lowest BCUT2D eigenvalue weighted by Crippen LogP contribution is -2.14. The van der Waals surface area contributed by atoms with E-state index in [2.05, 4.69) is 5.32 Å². The van der Waals surface area contributed by atoms with E-state index in [0.29, 0.717) is 12.1 Å². The zero-order valence-electron chi connectivity index (χ0n) is 8.78. The molecule has 16 heavy (non-hydrogen) atoms. The molecule has 88 valence electrons. The minimum absolute atomic E-state index is 0.116. The fourth-order valence-electron chi connectivity index (χ4n) is 1.17. The number of rotatable bonds is 5. The lowest BCUT2D eigenvalue weighted by Gasteiger charge is -2.06. The molecule has 4 nitrogen and oxygen atoms in total. The molecule has 0 saturated heterocycles. The number of ether oxygens (including phenoxy) is 1. The van der Waals surface area contributed by atoms with Crippen LogP contribution in [0.25, 0.3) is 0 Å². The third kappa shape index (κ3) is 4.51. The van der Waals surface area contributed by atoms with Gasteiger partial charge in [0.2, 0.25) is 0 Å². The molecule has 0 bridgehead atoms. The first-order valence-electron chi connectivity index (χ1n) is 4.96. The van der Waals surface area contributed by atoms with Crippen LogP contribution in [0.3, 0.4) is 0 Å². The number of nitrogens with one attached hydrogen (secondary N) is 1. The predicted molar refractivity (Wildman–Crippen MR) is 62.9 cm³/mol. The number of aliphatic hydroxyl groups is 1. The second-order valence-corrected chi connectivity index (χ2v) is 3.50. The molecule has 1 rings (SSSR count). The number of amides is 1. The van der Waals surface area contributed by atoms with Gasteiger partial charge in [-0.25, -0.2) is 4.79 Å². The fourth-order valence-corrected chi connectivity index (χ4v) is 1.25. The Hall–Kier alpha value is -1.26. The van der Waals surface area contributed by atoms with Crippen LogP contribution >= 0.6 is 11.6 Å². The second kappa shape index (κ2) is 7.09. The predicted octanol–water partition coefficient (Wildman–Crippen LogP) is 2.01. The summed E-state index contributed by atoms with van der Waals surface area (Å²) in [6.07, 6.45) is 0.0901. The minimum atomic E-state index is -0.518. The molecule has 0 unspecified atom stereocenters. The second-order valence-electron chi connectivity index (χ2n) is 3.12. The molecule has 0 atom stereocenters. The summed E-state index contributed by atoms with van der Waals surface area (Å²) in [5, 5.41) is 11.3. The van der Waals surface area contributed by atoms with E-state index in [1.165, 1.54) is 0 Å². The molecule has 0 aliphatic rings. The molecule has 0 spiro atoms. The number of carbonyl (C=O) groups excluding carboxylic acids is 1. The van der Waals surface area contributed by atoms with E-state index >= 15 is 0 Å². The fraction of sp³-hybridized carbons (Fsp3) is 0.364. The van der Waals surface area contributed by atoms with Gasteiger partial charge in [-0.05, 0) is 24.1 Å². The standard InChI is InChI=1S/C11H14ClNO3/c12-6-8-16-11(15)13-10-3-1-9(2-4-10)5-7-14/h1-4,14H,5-8H2,(H,13,15). The van der Waals surface area contributed by atoms with Crippen molar-refractivity contribution in [2.45, 2.75) is 6.42 Å². The number of anilines is 1. The summed E-state index contributed by atoms with van der Waals surface area (Å²) in [5.74, 6) is 0.281. The van der Waals surface area contributed by atoms with E-state index in [4.69, 9.17) is 21.4 Å². The van der Waals surface area contributed by atoms with Crippen molar-refractivity contribution in [2.75, 3.05) is 24.4 Å². The summed E-state index contributed by atoms with van der Waals surface area (Å²) in [6, 6.07) is 7.20. The molecule has 0 aromatic heterocycles. The molecule has 0 aliphatic heterocycles. The van der Waals surface area contributed by atoms with Crippen LogP contribution in [0.1, 0.15) is 5.56 Å². The number of aliphatic hydroxyl groups excluding tert-OH is 1. The molecule has 0 aliphatic carbocycles. The summed E-state index contributed by atoms with van der Waals surface area (Å²) < 4.78 is 4.75. The zero-order chi connectivity index (χ0) is 11.8. The van der Waals surface area contributed by atoms with Gasteiger partial charge in [-0.1, -0.05) is 12.1 Å². The third-order valence-electron chi connectivity index (χ3n) is 1.91. The van der Waals surface area contributed by atoms with Crippen LogP contribution in [0.2, 0.25) is 0 Å². The van der Waals surface area contributed by atoms with E-state index in [1.54, 1.807) is 12.1 Å². The summed E-state index contributed by atoms with van der Waals surface area (Å²) in [7, 11) is 0. The smallest absolute Gasteiger partial charge is 0.411 e. The molecule has 0 saturated carbocycles. The summed E-state index contributed by atoms with van der Waals surface area (Å²) in [4.78, 5) is 11.2. The average Bonchev–Trinajstić information content (AvgIpc) is 2.29. The number of benzene rings is 1. The quantitative estimate of drug-likeness (QED) is 0.778. The highest BCUT2D eigenvalue weighted by molar-refractivity contribution is 6.18. The Morgan fingerprint density at radius 1 is 1.38 bits per heavy atom. The Labute approximate surface area is 99.2 Å². The van der Waals surface area contributed by atoms with Crippen LogP contribution < -0.4 is 5.32 Å². The molecule has 0 heterocycles. The van der Waals surface area contributed by atoms with Crippen LogP contribution in [-0.2, 0) is 11.2 Å². The molecule has 1 aromatic carbocycles. The summed E-state index contributed by atoms with van der Waals surface area (Å²) in [5.41, 5.74) is 1.67. The van der Waals surface area contributed by atoms with Crippen LogP contribution in [0.15, 0.2) is 24.3 Å². The molecule has 0 fully saturated rings. The van der Waals surface area contributed by atoms with Gasteiger partial charge in [0.15, 0.2) is 0 Å². The van der Waals surface area contributed by atoms with Gasteiger partial charge in [0.25, 0.3) is 0 Å². The topological polar surface area (TPSA) is 58.6 Å². The van der Waals surface area contributed by atoms with Gasteiger partial charge in [0, 0.05) is 12.3 Å². The van der Waals surface area contributed by atoms with Crippen LogP contribution in [0.4, 0.5) is 10.5 Å². The maximum Gasteiger partial charge on any atom is 0.411 e. The first-order valence-corrected chi connectivity index (χ1v) is 5.49. The normalized spacial score (nSPS) is 9.88. The third-order valence-corrected chi connectivity index (χ3v) is 2.07. The van der Waals surface area contributed by atoms with E-state index in [1.807, 2.05) is 12.1 Å². The molecule has 1 aromatic rings. The largest absolute Gasteiger partial charge is 0.448 e. The number of halogens is 1. The van der Waals surface area contributed by atoms with Gasteiger partial charge in [0.1, 0.15) is 6.61 Å². The van der Waals surface area contributed by atoms with Crippen molar-refractivity contribution in [3.63, 3.8) is 0 Å². The van der Waals surface area contributed by atoms with Crippen molar-refractivity contribution in [1.29, 1.82) is 0 Å². The average molecular weight is 244 g/mol. The molecular weight excluding hydrogens is 230 g/mol. The van der Waals surface area contributed by atoms with Gasteiger partial charge in [0.05, 0.1) is 5.88 Å².